The van der Waals surface area contributed by atoms with E-state index < -0.39 is 10.0 Å². The minimum atomic E-state index is -3.92. The maximum absolute atomic E-state index is 12.7. The van der Waals surface area contributed by atoms with Gasteiger partial charge in [-0.3, -0.25) is 4.72 Å². The van der Waals surface area contributed by atoms with Crippen molar-refractivity contribution in [3.05, 3.63) is 35.2 Å². The highest BCUT2D eigenvalue weighted by Crippen LogP contribution is 2.43. The van der Waals surface area contributed by atoms with Gasteiger partial charge in [0.05, 0.1) is 59.3 Å². The van der Waals surface area contributed by atoms with Crippen LogP contribution in [0.4, 0.5) is 5.69 Å². The van der Waals surface area contributed by atoms with Gasteiger partial charge in [-0.15, -0.1) is 0 Å². The van der Waals surface area contributed by atoms with Crippen molar-refractivity contribution >= 4 is 21.8 Å². The first-order valence-electron chi connectivity index (χ1n) is 8.63. The number of sulfonamides is 1. The fourth-order valence-corrected chi connectivity index (χ4v) is 3.57. The predicted octanol–water partition coefficient (Wildman–Crippen LogP) is 3.15. The van der Waals surface area contributed by atoms with Crippen molar-refractivity contribution in [1.29, 1.82) is 0 Å². The van der Waals surface area contributed by atoms with E-state index in [-0.39, 0.29) is 17.2 Å². The van der Waals surface area contributed by atoms with Crippen molar-refractivity contribution < 1.29 is 36.8 Å². The maximum Gasteiger partial charge on any atom is 0.255 e. The SMILES string of the molecule is COc1cc(OC)c(C=CS(=O)(=O)Nc2ccc(OC)c(OC)c2OC)c(OC)c1. The Morgan fingerprint density at radius 1 is 0.733 bits per heavy atom. The zero-order valence-electron chi connectivity index (χ0n) is 17.6. The van der Waals surface area contributed by atoms with Gasteiger partial charge in [-0.1, -0.05) is 0 Å². The molecule has 0 fully saturated rings. The molecule has 0 aliphatic heterocycles. The molecule has 1 N–H and O–H groups in total. The van der Waals surface area contributed by atoms with Crippen molar-refractivity contribution in [2.75, 3.05) is 47.4 Å². The number of rotatable bonds is 10. The summed E-state index contributed by atoms with van der Waals surface area (Å²) in [5, 5.41) is 0.996. The molecule has 0 amide bonds. The number of benzene rings is 2. The Morgan fingerprint density at radius 2 is 1.30 bits per heavy atom. The lowest BCUT2D eigenvalue weighted by molar-refractivity contribution is 0.325. The minimum absolute atomic E-state index is 0.188. The van der Waals surface area contributed by atoms with Crippen molar-refractivity contribution in [2.24, 2.45) is 0 Å². The Hall–Kier alpha value is -3.27. The molecule has 0 saturated heterocycles. The van der Waals surface area contributed by atoms with Gasteiger partial charge in [-0.25, -0.2) is 8.42 Å². The molecule has 10 heteroatoms. The van der Waals surface area contributed by atoms with Gasteiger partial charge in [0.25, 0.3) is 10.0 Å². The molecular formula is C20H25NO8S. The number of hydrogen-bond acceptors (Lipinski definition) is 8. The van der Waals surface area contributed by atoms with Gasteiger partial charge < -0.3 is 28.4 Å². The van der Waals surface area contributed by atoms with Gasteiger partial charge >= 0.3 is 0 Å². The molecule has 0 heterocycles. The number of hydrogen-bond donors (Lipinski definition) is 1. The lowest BCUT2D eigenvalue weighted by Crippen LogP contribution is -2.10. The molecule has 0 atom stereocenters. The number of ether oxygens (including phenoxy) is 6. The Bertz CT molecular complexity index is 993. The van der Waals surface area contributed by atoms with Crippen LogP contribution in [0, 0.1) is 0 Å². The summed E-state index contributed by atoms with van der Waals surface area (Å²) in [5.41, 5.74) is 0.624. The summed E-state index contributed by atoms with van der Waals surface area (Å²) in [6.07, 6.45) is 1.37. The molecule has 2 rings (SSSR count). The van der Waals surface area contributed by atoms with Crippen LogP contribution in [0.1, 0.15) is 5.56 Å². The van der Waals surface area contributed by atoms with Crippen LogP contribution in [-0.2, 0) is 10.0 Å². The average Bonchev–Trinajstić information content (AvgIpc) is 2.76. The van der Waals surface area contributed by atoms with Gasteiger partial charge in [-0.2, -0.15) is 0 Å². The first kappa shape index (κ1) is 23.0. The zero-order valence-corrected chi connectivity index (χ0v) is 18.5. The highest BCUT2D eigenvalue weighted by Gasteiger charge is 2.19. The quantitative estimate of drug-likeness (QED) is 0.602. The molecule has 0 spiro atoms. The van der Waals surface area contributed by atoms with Gasteiger partial charge in [0, 0.05) is 12.1 Å². The van der Waals surface area contributed by atoms with E-state index in [1.165, 1.54) is 54.8 Å². The van der Waals surface area contributed by atoms with Crippen LogP contribution < -0.4 is 33.1 Å². The predicted molar refractivity (Wildman–Crippen MR) is 114 cm³/mol. The molecular weight excluding hydrogens is 414 g/mol. The van der Waals surface area contributed by atoms with Crippen molar-refractivity contribution in [3.8, 4) is 34.5 Å². The molecule has 0 aliphatic rings. The van der Waals surface area contributed by atoms with E-state index in [9.17, 15) is 8.42 Å². The number of nitrogens with one attached hydrogen (secondary N) is 1. The lowest BCUT2D eigenvalue weighted by Gasteiger charge is -2.16. The van der Waals surface area contributed by atoms with Gasteiger partial charge in [0.1, 0.15) is 17.2 Å². The molecule has 9 nitrogen and oxygen atoms in total. The van der Waals surface area contributed by atoms with Crippen LogP contribution in [0.15, 0.2) is 29.7 Å². The Labute approximate surface area is 176 Å². The van der Waals surface area contributed by atoms with E-state index in [0.29, 0.717) is 28.6 Å². The molecule has 0 saturated carbocycles. The molecule has 30 heavy (non-hydrogen) atoms. The standard InChI is InChI=1S/C20H25NO8S/c1-24-13-11-17(26-3)14(18(12-13)27-4)9-10-30(22,23)21-15-7-8-16(25-2)20(29-6)19(15)28-5/h7-12,21H,1-6H3. The summed E-state index contributed by atoms with van der Waals surface area (Å²) in [5.74, 6) is 2.15. The molecule has 2 aromatic rings. The van der Waals surface area contributed by atoms with Crippen LogP contribution in [-0.4, -0.2) is 51.1 Å². The number of anilines is 1. The molecule has 0 radical (unpaired) electrons. The second-order valence-electron chi connectivity index (χ2n) is 5.78. The fourth-order valence-electron chi connectivity index (χ4n) is 2.72. The summed E-state index contributed by atoms with van der Waals surface area (Å²) in [6.45, 7) is 0. The normalized spacial score (nSPS) is 11.1. The van der Waals surface area contributed by atoms with Gasteiger partial charge in [-0.05, 0) is 18.2 Å². The van der Waals surface area contributed by atoms with E-state index in [2.05, 4.69) is 4.72 Å². The van der Waals surface area contributed by atoms with Gasteiger partial charge in [0.2, 0.25) is 5.75 Å². The molecule has 0 unspecified atom stereocenters. The van der Waals surface area contributed by atoms with E-state index in [4.69, 9.17) is 28.4 Å². The second-order valence-corrected chi connectivity index (χ2v) is 7.34. The third-order valence-corrected chi connectivity index (χ3v) is 5.12. The first-order valence-corrected chi connectivity index (χ1v) is 10.2. The lowest BCUT2D eigenvalue weighted by atomic mass is 10.1. The van der Waals surface area contributed by atoms with Crippen molar-refractivity contribution in [3.63, 3.8) is 0 Å². The highest BCUT2D eigenvalue weighted by atomic mass is 32.2. The molecule has 0 aliphatic carbocycles. The van der Waals surface area contributed by atoms with E-state index in [0.717, 1.165) is 5.41 Å². The Kier molecular flexibility index (Phi) is 7.65. The molecule has 0 aromatic heterocycles. The monoisotopic (exact) mass is 439 g/mol. The first-order chi connectivity index (χ1) is 14.3. The maximum atomic E-state index is 12.7. The zero-order chi connectivity index (χ0) is 22.3. The topological polar surface area (TPSA) is 102 Å². The summed E-state index contributed by atoms with van der Waals surface area (Å²) in [6, 6.07) is 6.33. The Balaban J connectivity index is 2.42. The smallest absolute Gasteiger partial charge is 0.255 e. The van der Waals surface area contributed by atoms with Crippen LogP contribution >= 0.6 is 0 Å². The van der Waals surface area contributed by atoms with Crippen molar-refractivity contribution in [2.45, 2.75) is 0 Å². The molecule has 2 aromatic carbocycles. The van der Waals surface area contributed by atoms with Crippen LogP contribution in [0.2, 0.25) is 0 Å². The summed E-state index contributed by atoms with van der Waals surface area (Å²) < 4.78 is 59.5. The largest absolute Gasteiger partial charge is 0.496 e. The van der Waals surface area contributed by atoms with E-state index in [1.807, 2.05) is 0 Å². The minimum Gasteiger partial charge on any atom is -0.496 e. The third kappa shape index (κ3) is 5.01. The van der Waals surface area contributed by atoms with Gasteiger partial charge in [0.15, 0.2) is 11.5 Å². The van der Waals surface area contributed by atoms with Crippen LogP contribution in [0.3, 0.4) is 0 Å². The Morgan fingerprint density at radius 3 is 1.77 bits per heavy atom. The summed E-state index contributed by atoms with van der Waals surface area (Å²) >= 11 is 0. The molecule has 0 bridgehead atoms. The fraction of sp³-hybridized carbons (Fsp3) is 0.300. The van der Waals surface area contributed by atoms with Crippen LogP contribution in [0.25, 0.3) is 6.08 Å². The number of methoxy groups -OCH3 is 6. The average molecular weight is 439 g/mol. The second kappa shape index (κ2) is 9.97. The highest BCUT2D eigenvalue weighted by molar-refractivity contribution is 7.95. The van der Waals surface area contributed by atoms with Crippen LogP contribution in [0.5, 0.6) is 34.5 Å². The van der Waals surface area contributed by atoms with Crippen molar-refractivity contribution in [1.82, 2.24) is 0 Å². The molecule has 164 valence electrons. The summed E-state index contributed by atoms with van der Waals surface area (Å²) in [4.78, 5) is 0. The van der Waals surface area contributed by atoms with E-state index >= 15 is 0 Å². The summed E-state index contributed by atoms with van der Waals surface area (Å²) in [7, 11) is 4.82. The van der Waals surface area contributed by atoms with E-state index in [1.54, 1.807) is 18.2 Å². The third-order valence-electron chi connectivity index (χ3n) is 4.12.